The van der Waals surface area contributed by atoms with Crippen LogP contribution >= 0.6 is 0 Å². The summed E-state index contributed by atoms with van der Waals surface area (Å²) in [5.74, 6) is 0. The van der Waals surface area contributed by atoms with Crippen LogP contribution < -0.4 is 5.32 Å². The highest BCUT2D eigenvalue weighted by Crippen LogP contribution is 2.04. The van der Waals surface area contributed by atoms with E-state index in [4.69, 9.17) is 9.84 Å². The zero-order chi connectivity index (χ0) is 8.10. The van der Waals surface area contributed by atoms with Crippen molar-refractivity contribution in [3.05, 3.63) is 0 Å². The molecule has 2 atom stereocenters. The van der Waals surface area contributed by atoms with E-state index in [-0.39, 0.29) is 6.61 Å². The Hall–Kier alpha value is -0.120. The predicted octanol–water partition coefficient (Wildman–Crippen LogP) is 0.136. The van der Waals surface area contributed by atoms with Gasteiger partial charge in [0.2, 0.25) is 0 Å². The van der Waals surface area contributed by atoms with Crippen molar-refractivity contribution >= 4 is 0 Å². The van der Waals surface area contributed by atoms with Crippen molar-refractivity contribution in [2.45, 2.75) is 31.8 Å². The van der Waals surface area contributed by atoms with Gasteiger partial charge in [-0.25, -0.2) is 0 Å². The molecule has 0 bridgehead atoms. The number of aliphatic hydroxyl groups excluding tert-OH is 1. The number of hydrogen-bond acceptors (Lipinski definition) is 3. The summed E-state index contributed by atoms with van der Waals surface area (Å²) in [6, 6.07) is 0.867. The highest BCUT2D eigenvalue weighted by Gasteiger charge is 2.15. The third kappa shape index (κ3) is 3.18. The monoisotopic (exact) mass is 159 g/mol. The minimum Gasteiger partial charge on any atom is -0.396 e. The maximum absolute atomic E-state index is 8.72. The van der Waals surface area contributed by atoms with Crippen LogP contribution in [0.15, 0.2) is 0 Å². The molecule has 1 fully saturated rings. The first-order valence-electron chi connectivity index (χ1n) is 4.27. The molecule has 1 rings (SSSR count). The molecular weight excluding hydrogens is 142 g/mol. The van der Waals surface area contributed by atoms with E-state index in [0.717, 1.165) is 26.1 Å². The Morgan fingerprint density at radius 3 is 3.18 bits per heavy atom. The van der Waals surface area contributed by atoms with Gasteiger partial charge in [-0.1, -0.05) is 0 Å². The largest absolute Gasteiger partial charge is 0.396 e. The van der Waals surface area contributed by atoms with Crippen LogP contribution in [0.1, 0.15) is 19.8 Å². The van der Waals surface area contributed by atoms with Crippen molar-refractivity contribution < 1.29 is 9.84 Å². The third-order valence-corrected chi connectivity index (χ3v) is 1.98. The molecule has 0 aromatic heterocycles. The number of ether oxygens (including phenoxy) is 1. The molecule has 3 nitrogen and oxygen atoms in total. The Labute approximate surface area is 67.7 Å². The molecule has 1 unspecified atom stereocenters. The summed E-state index contributed by atoms with van der Waals surface area (Å²) >= 11 is 0. The smallest absolute Gasteiger partial charge is 0.0617 e. The Bertz CT molecular complexity index is 108. The second-order valence-electron chi connectivity index (χ2n) is 3.14. The van der Waals surface area contributed by atoms with Gasteiger partial charge in [-0.05, 0) is 19.8 Å². The highest BCUT2D eigenvalue weighted by molar-refractivity contribution is 4.73. The van der Waals surface area contributed by atoms with Gasteiger partial charge in [-0.15, -0.1) is 0 Å². The molecule has 0 radical (unpaired) electrons. The average Bonchev–Trinajstić information content (AvgIpc) is 2.15. The van der Waals surface area contributed by atoms with Gasteiger partial charge in [0.05, 0.1) is 6.61 Å². The Balaban J connectivity index is 2.27. The second-order valence-corrected chi connectivity index (χ2v) is 3.14. The average molecular weight is 159 g/mol. The van der Waals surface area contributed by atoms with Crippen LogP contribution in [0.5, 0.6) is 0 Å². The van der Waals surface area contributed by atoms with Gasteiger partial charge in [0.25, 0.3) is 0 Å². The summed E-state index contributed by atoms with van der Waals surface area (Å²) in [6.07, 6.45) is 1.86. The topological polar surface area (TPSA) is 41.5 Å². The lowest BCUT2D eigenvalue weighted by Gasteiger charge is -2.16. The fourth-order valence-corrected chi connectivity index (χ4v) is 1.40. The van der Waals surface area contributed by atoms with Gasteiger partial charge in [0.1, 0.15) is 0 Å². The summed E-state index contributed by atoms with van der Waals surface area (Å²) in [6.45, 7) is 3.99. The maximum atomic E-state index is 8.72. The van der Waals surface area contributed by atoms with Gasteiger partial charge < -0.3 is 15.2 Å². The number of rotatable bonds is 2. The fraction of sp³-hybridized carbons (Fsp3) is 1.00. The van der Waals surface area contributed by atoms with Crippen LogP contribution in [0.25, 0.3) is 0 Å². The van der Waals surface area contributed by atoms with E-state index in [1.54, 1.807) is 0 Å². The van der Waals surface area contributed by atoms with Crippen LogP contribution in [-0.4, -0.2) is 37.0 Å². The summed E-state index contributed by atoms with van der Waals surface area (Å²) < 4.78 is 5.34. The zero-order valence-corrected chi connectivity index (χ0v) is 7.05. The summed E-state index contributed by atoms with van der Waals surface area (Å²) in [5.41, 5.74) is 0. The molecule has 0 spiro atoms. The lowest BCUT2D eigenvalue weighted by Crippen LogP contribution is -2.37. The van der Waals surface area contributed by atoms with Gasteiger partial charge in [0.15, 0.2) is 0 Å². The fourth-order valence-electron chi connectivity index (χ4n) is 1.40. The van der Waals surface area contributed by atoms with Crippen molar-refractivity contribution in [1.82, 2.24) is 5.32 Å². The highest BCUT2D eigenvalue weighted by atomic mass is 16.5. The first kappa shape index (κ1) is 8.97. The molecule has 1 aliphatic heterocycles. The van der Waals surface area contributed by atoms with Crippen molar-refractivity contribution in [1.29, 1.82) is 0 Å². The van der Waals surface area contributed by atoms with Crippen LogP contribution in [0.3, 0.4) is 0 Å². The van der Waals surface area contributed by atoms with E-state index in [1.165, 1.54) is 0 Å². The Morgan fingerprint density at radius 1 is 1.64 bits per heavy atom. The third-order valence-electron chi connectivity index (χ3n) is 1.98. The van der Waals surface area contributed by atoms with Gasteiger partial charge in [-0.3, -0.25) is 0 Å². The molecule has 0 aliphatic carbocycles. The molecule has 0 saturated carbocycles. The summed E-state index contributed by atoms with van der Waals surface area (Å²) in [4.78, 5) is 0. The number of hydrogen-bond donors (Lipinski definition) is 2. The molecule has 11 heavy (non-hydrogen) atoms. The van der Waals surface area contributed by atoms with E-state index in [1.807, 2.05) is 0 Å². The Morgan fingerprint density at radius 2 is 2.45 bits per heavy atom. The van der Waals surface area contributed by atoms with Crippen LogP contribution in [0, 0.1) is 0 Å². The van der Waals surface area contributed by atoms with Crippen molar-refractivity contribution in [3.63, 3.8) is 0 Å². The number of aliphatic hydroxyl groups is 1. The maximum Gasteiger partial charge on any atom is 0.0617 e. The van der Waals surface area contributed by atoms with E-state index in [9.17, 15) is 0 Å². The molecule has 0 aromatic rings. The van der Waals surface area contributed by atoms with E-state index in [0.29, 0.717) is 12.1 Å². The molecule has 66 valence electrons. The standard InChI is InChI=1S/C8H17NO2/c1-7-6-11-5-3-8(9-7)2-4-10/h7-10H,2-6H2,1H3/t7-,8?/m0/s1. The second kappa shape index (κ2) is 4.70. The van der Waals surface area contributed by atoms with Gasteiger partial charge in [0, 0.05) is 25.3 Å². The molecule has 0 aromatic carbocycles. The number of nitrogens with one attached hydrogen (secondary N) is 1. The zero-order valence-electron chi connectivity index (χ0n) is 7.05. The minimum absolute atomic E-state index is 0.268. The molecule has 1 aliphatic rings. The van der Waals surface area contributed by atoms with Crippen molar-refractivity contribution in [2.75, 3.05) is 19.8 Å². The molecule has 2 N–H and O–H groups in total. The molecule has 0 amide bonds. The molecule has 1 saturated heterocycles. The normalized spacial score (nSPS) is 33.3. The van der Waals surface area contributed by atoms with E-state index in [2.05, 4.69) is 12.2 Å². The van der Waals surface area contributed by atoms with Crippen LogP contribution in [0.2, 0.25) is 0 Å². The van der Waals surface area contributed by atoms with Crippen LogP contribution in [-0.2, 0) is 4.74 Å². The minimum atomic E-state index is 0.268. The van der Waals surface area contributed by atoms with E-state index < -0.39 is 0 Å². The summed E-state index contributed by atoms with van der Waals surface area (Å²) in [7, 11) is 0. The first-order chi connectivity index (χ1) is 5.33. The SMILES string of the molecule is C[C@H]1COCCC(CCO)N1. The Kier molecular flexibility index (Phi) is 3.83. The predicted molar refractivity (Wildman–Crippen MR) is 43.5 cm³/mol. The quantitative estimate of drug-likeness (QED) is 0.602. The van der Waals surface area contributed by atoms with Crippen molar-refractivity contribution in [2.24, 2.45) is 0 Å². The van der Waals surface area contributed by atoms with Gasteiger partial charge >= 0.3 is 0 Å². The first-order valence-corrected chi connectivity index (χ1v) is 4.27. The van der Waals surface area contributed by atoms with E-state index >= 15 is 0 Å². The molecular formula is C8H17NO2. The molecule has 3 heteroatoms. The van der Waals surface area contributed by atoms with Crippen LogP contribution in [0.4, 0.5) is 0 Å². The lowest BCUT2D eigenvalue weighted by molar-refractivity contribution is 0.134. The summed E-state index contributed by atoms with van der Waals surface area (Å²) in [5, 5.41) is 12.1. The van der Waals surface area contributed by atoms with Gasteiger partial charge in [-0.2, -0.15) is 0 Å². The lowest BCUT2D eigenvalue weighted by atomic mass is 10.1. The molecule has 1 heterocycles. The van der Waals surface area contributed by atoms with Crippen molar-refractivity contribution in [3.8, 4) is 0 Å².